The van der Waals surface area contributed by atoms with Gasteiger partial charge in [-0.25, -0.2) is 0 Å². The third-order valence-corrected chi connectivity index (χ3v) is 5.16. The van der Waals surface area contributed by atoms with Gasteiger partial charge in [-0.15, -0.1) is 0 Å². The molecule has 2 heteroatoms. The van der Waals surface area contributed by atoms with Crippen molar-refractivity contribution in [3.63, 3.8) is 0 Å². The Hall–Kier alpha value is -3.39. The van der Waals surface area contributed by atoms with Crippen LogP contribution in [0.4, 0.5) is 0 Å². The van der Waals surface area contributed by atoms with Gasteiger partial charge in [-0.3, -0.25) is 4.79 Å². The molecule has 4 aromatic rings. The van der Waals surface area contributed by atoms with Gasteiger partial charge in [0.1, 0.15) is 0 Å². The van der Waals surface area contributed by atoms with Gasteiger partial charge in [0.2, 0.25) is 5.91 Å². The molecule has 4 rings (SSSR count). The average molecular weight is 365 g/mol. The van der Waals surface area contributed by atoms with Gasteiger partial charge < -0.3 is 5.32 Å². The van der Waals surface area contributed by atoms with Crippen LogP contribution in [0.25, 0.3) is 10.8 Å². The van der Waals surface area contributed by atoms with Gasteiger partial charge >= 0.3 is 0 Å². The second kappa shape index (κ2) is 8.10. The van der Waals surface area contributed by atoms with E-state index in [-0.39, 0.29) is 17.9 Å². The first-order chi connectivity index (χ1) is 13.7. The highest BCUT2D eigenvalue weighted by Crippen LogP contribution is 2.27. The number of amides is 1. The van der Waals surface area contributed by atoms with Crippen molar-refractivity contribution in [2.24, 2.45) is 0 Å². The van der Waals surface area contributed by atoms with E-state index in [2.05, 4.69) is 35.6 Å². The van der Waals surface area contributed by atoms with Crippen molar-refractivity contribution >= 4 is 16.7 Å². The molecule has 0 aliphatic rings. The van der Waals surface area contributed by atoms with Crippen LogP contribution >= 0.6 is 0 Å². The maximum absolute atomic E-state index is 13.3. The summed E-state index contributed by atoms with van der Waals surface area (Å²) in [4.78, 5) is 13.3. The molecule has 0 saturated heterocycles. The average Bonchev–Trinajstić information content (AvgIpc) is 2.75. The summed E-state index contributed by atoms with van der Waals surface area (Å²) in [5.41, 5.74) is 3.10. The number of carbonyl (C=O) groups is 1. The van der Waals surface area contributed by atoms with E-state index in [0.29, 0.717) is 0 Å². The fourth-order valence-corrected chi connectivity index (χ4v) is 3.64. The highest BCUT2D eigenvalue weighted by molar-refractivity contribution is 5.88. The van der Waals surface area contributed by atoms with E-state index in [1.807, 2.05) is 79.7 Å². The Balaban J connectivity index is 1.61. The summed E-state index contributed by atoms with van der Waals surface area (Å²) >= 11 is 0. The first kappa shape index (κ1) is 18.0. The number of nitrogens with one attached hydrogen (secondary N) is 1. The largest absolute Gasteiger partial charge is 0.349 e. The van der Waals surface area contributed by atoms with Gasteiger partial charge in [-0.1, -0.05) is 97.1 Å². The smallest absolute Gasteiger partial charge is 0.232 e. The highest BCUT2D eigenvalue weighted by Gasteiger charge is 2.24. The van der Waals surface area contributed by atoms with Crippen LogP contribution in [0.3, 0.4) is 0 Å². The van der Waals surface area contributed by atoms with E-state index in [1.54, 1.807) is 0 Å². The van der Waals surface area contributed by atoms with Crippen LogP contribution in [0.2, 0.25) is 0 Å². The lowest BCUT2D eigenvalue weighted by Gasteiger charge is -2.22. The number of benzene rings is 4. The van der Waals surface area contributed by atoms with Crippen LogP contribution in [-0.2, 0) is 4.79 Å². The van der Waals surface area contributed by atoms with E-state index in [0.717, 1.165) is 16.7 Å². The molecule has 0 bridgehead atoms. The summed E-state index contributed by atoms with van der Waals surface area (Å²) < 4.78 is 0. The number of fused-ring (bicyclic) bond motifs is 1. The second-order valence-corrected chi connectivity index (χ2v) is 7.09. The predicted molar refractivity (Wildman–Crippen MR) is 115 cm³/mol. The van der Waals surface area contributed by atoms with Crippen molar-refractivity contribution in [3.05, 3.63) is 120 Å². The van der Waals surface area contributed by atoms with Gasteiger partial charge in [0.15, 0.2) is 0 Å². The SMILES string of the molecule is C[C@@H](NC(=O)C(c1ccccc1)c1ccccc1)c1ccc2ccccc2c1. The Morgan fingerprint density at radius 3 is 1.79 bits per heavy atom. The minimum absolute atomic E-state index is 0.0121. The molecule has 0 unspecified atom stereocenters. The van der Waals surface area contributed by atoms with Crippen LogP contribution in [0.5, 0.6) is 0 Å². The number of carbonyl (C=O) groups excluding carboxylic acids is 1. The van der Waals surface area contributed by atoms with Crippen LogP contribution < -0.4 is 5.32 Å². The summed E-state index contributed by atoms with van der Waals surface area (Å²) in [5.74, 6) is -0.316. The van der Waals surface area contributed by atoms with Crippen molar-refractivity contribution in [1.29, 1.82) is 0 Å². The van der Waals surface area contributed by atoms with Gasteiger partial charge in [0.25, 0.3) is 0 Å². The molecule has 0 heterocycles. The number of hydrogen-bond donors (Lipinski definition) is 1. The molecular formula is C26H23NO. The third-order valence-electron chi connectivity index (χ3n) is 5.16. The van der Waals surface area contributed by atoms with Crippen LogP contribution in [0.15, 0.2) is 103 Å². The predicted octanol–water partition coefficient (Wildman–Crippen LogP) is 5.85. The van der Waals surface area contributed by atoms with Crippen molar-refractivity contribution in [1.82, 2.24) is 5.32 Å². The van der Waals surface area contributed by atoms with Gasteiger partial charge in [-0.05, 0) is 40.5 Å². The maximum Gasteiger partial charge on any atom is 0.232 e. The molecule has 1 N–H and O–H groups in total. The fraction of sp³-hybridized carbons (Fsp3) is 0.115. The van der Waals surface area contributed by atoms with Gasteiger partial charge in [-0.2, -0.15) is 0 Å². The summed E-state index contributed by atoms with van der Waals surface area (Å²) in [5, 5.41) is 5.61. The monoisotopic (exact) mass is 365 g/mol. The van der Waals surface area contributed by atoms with Crippen LogP contribution in [0, 0.1) is 0 Å². The van der Waals surface area contributed by atoms with Crippen LogP contribution in [-0.4, -0.2) is 5.91 Å². The zero-order chi connectivity index (χ0) is 19.3. The van der Waals surface area contributed by atoms with E-state index in [9.17, 15) is 4.79 Å². The molecule has 1 amide bonds. The minimum atomic E-state index is -0.328. The Kier molecular flexibility index (Phi) is 5.20. The van der Waals surface area contributed by atoms with Crippen molar-refractivity contribution < 1.29 is 4.79 Å². The zero-order valence-electron chi connectivity index (χ0n) is 15.9. The highest BCUT2D eigenvalue weighted by atomic mass is 16.1. The van der Waals surface area contributed by atoms with Crippen molar-refractivity contribution in [3.8, 4) is 0 Å². The van der Waals surface area contributed by atoms with E-state index >= 15 is 0 Å². The van der Waals surface area contributed by atoms with E-state index < -0.39 is 0 Å². The van der Waals surface area contributed by atoms with Crippen molar-refractivity contribution in [2.45, 2.75) is 18.9 Å². The molecule has 0 aliphatic carbocycles. The molecule has 28 heavy (non-hydrogen) atoms. The molecule has 1 atom stereocenters. The fourth-order valence-electron chi connectivity index (χ4n) is 3.64. The molecule has 2 nitrogen and oxygen atoms in total. The number of rotatable bonds is 5. The van der Waals surface area contributed by atoms with Crippen LogP contribution in [0.1, 0.15) is 35.6 Å². The Labute approximate surface area is 165 Å². The lowest BCUT2D eigenvalue weighted by Crippen LogP contribution is -2.32. The Morgan fingerprint density at radius 2 is 1.18 bits per heavy atom. The standard InChI is InChI=1S/C26H23NO/c1-19(23-17-16-20-10-8-9-15-24(20)18-23)27-26(28)25(21-11-4-2-5-12-21)22-13-6-3-7-14-22/h2-19,25H,1H3,(H,27,28)/t19-/m1/s1. The Morgan fingerprint density at radius 1 is 0.643 bits per heavy atom. The lowest BCUT2D eigenvalue weighted by molar-refractivity contribution is -0.122. The van der Waals surface area contributed by atoms with Gasteiger partial charge in [0, 0.05) is 0 Å². The molecule has 0 fully saturated rings. The maximum atomic E-state index is 13.3. The summed E-state index contributed by atoms with van der Waals surface area (Å²) in [6.45, 7) is 2.04. The first-order valence-corrected chi connectivity index (χ1v) is 9.61. The summed E-state index contributed by atoms with van der Waals surface area (Å²) in [7, 11) is 0. The zero-order valence-corrected chi connectivity index (χ0v) is 15.9. The first-order valence-electron chi connectivity index (χ1n) is 9.61. The second-order valence-electron chi connectivity index (χ2n) is 7.09. The molecule has 0 spiro atoms. The van der Waals surface area contributed by atoms with E-state index in [4.69, 9.17) is 0 Å². The number of hydrogen-bond acceptors (Lipinski definition) is 1. The molecule has 4 aromatic carbocycles. The third kappa shape index (κ3) is 3.81. The molecule has 0 aromatic heterocycles. The normalized spacial score (nSPS) is 12.1. The lowest BCUT2D eigenvalue weighted by atomic mass is 9.90. The quantitative estimate of drug-likeness (QED) is 0.472. The van der Waals surface area contributed by atoms with Crippen molar-refractivity contribution in [2.75, 3.05) is 0 Å². The molecule has 138 valence electrons. The minimum Gasteiger partial charge on any atom is -0.349 e. The molecule has 0 radical (unpaired) electrons. The molecule has 0 aliphatic heterocycles. The topological polar surface area (TPSA) is 29.1 Å². The summed E-state index contributed by atoms with van der Waals surface area (Å²) in [6, 6.07) is 34.5. The van der Waals surface area contributed by atoms with E-state index in [1.165, 1.54) is 10.8 Å². The molecular weight excluding hydrogens is 342 g/mol. The van der Waals surface area contributed by atoms with Gasteiger partial charge in [0.05, 0.1) is 12.0 Å². The Bertz CT molecular complexity index is 1030. The summed E-state index contributed by atoms with van der Waals surface area (Å²) in [6.07, 6.45) is 0. The molecule has 0 saturated carbocycles.